The number of aromatic nitrogens is 2. The smallest absolute Gasteiger partial charge is 0.262 e. The van der Waals surface area contributed by atoms with E-state index in [4.69, 9.17) is 0 Å². The molecule has 6 saturated heterocycles. The molecule has 0 radical (unpaired) electrons. The van der Waals surface area contributed by atoms with Crippen molar-refractivity contribution in [2.75, 3.05) is 98.6 Å². The van der Waals surface area contributed by atoms with Crippen molar-refractivity contribution in [3.63, 3.8) is 0 Å². The first-order chi connectivity index (χ1) is 31.6. The van der Waals surface area contributed by atoms with Gasteiger partial charge >= 0.3 is 0 Å². The number of benzene rings is 2. The van der Waals surface area contributed by atoms with Gasteiger partial charge in [-0.2, -0.15) is 0 Å². The van der Waals surface area contributed by atoms with Gasteiger partial charge in [-0.05, 0) is 94.3 Å². The standard InChI is InChI=1S/C48H59F2N11O5/c1-46(2)7-14-56(15-8-46)25-31-21-36(50)38(23-35(31)49)60-26-42(63)55-48(29-60)11-18-58(19-12-48)40-24-39(52-30-53-40)51-13-20-57-16-9-47(27-57)10-17-59(28-47)32-3-4-33-34(22-32)45(66)61(44(33)65)37-5-6-41(62)54-43(37)64/h3-4,21-24,30,37H,5-20,25-29H2,1-2H3,(H,55,63)(H,51,52,53)(H,54,62,64)/t37?,47-/m0/s1. The maximum absolute atomic E-state index is 15.7. The van der Waals surface area contributed by atoms with Crippen LogP contribution in [0.25, 0.3) is 0 Å². The lowest BCUT2D eigenvalue weighted by Gasteiger charge is -2.48. The molecule has 18 heteroatoms. The van der Waals surface area contributed by atoms with Gasteiger partial charge in [-0.15, -0.1) is 0 Å². The van der Waals surface area contributed by atoms with Crippen LogP contribution in [0.1, 0.15) is 91.5 Å². The topological polar surface area (TPSA) is 167 Å². The third-order valence-electron chi connectivity index (χ3n) is 15.5. The number of nitrogens with zero attached hydrogens (tertiary/aromatic N) is 8. The molecule has 7 aliphatic heterocycles. The maximum atomic E-state index is 15.7. The van der Waals surface area contributed by atoms with E-state index in [2.05, 4.69) is 59.4 Å². The Morgan fingerprint density at radius 1 is 0.742 bits per heavy atom. The molecule has 350 valence electrons. The van der Waals surface area contributed by atoms with Crippen molar-refractivity contribution in [3.8, 4) is 0 Å². The Bertz CT molecular complexity index is 2450. The van der Waals surface area contributed by atoms with Gasteiger partial charge in [0.2, 0.25) is 17.7 Å². The quantitative estimate of drug-likeness (QED) is 0.252. The Hall–Kier alpha value is -5.75. The maximum Gasteiger partial charge on any atom is 0.262 e. The molecule has 1 aromatic heterocycles. The number of fused-ring (bicyclic) bond motifs is 1. The Morgan fingerprint density at radius 2 is 1.48 bits per heavy atom. The molecule has 8 heterocycles. The van der Waals surface area contributed by atoms with Crippen molar-refractivity contribution in [2.24, 2.45) is 10.8 Å². The molecule has 0 saturated carbocycles. The minimum Gasteiger partial charge on any atom is -0.371 e. The zero-order chi connectivity index (χ0) is 46.0. The van der Waals surface area contributed by atoms with Crippen molar-refractivity contribution in [3.05, 3.63) is 71.1 Å². The molecule has 2 aromatic carbocycles. The summed E-state index contributed by atoms with van der Waals surface area (Å²) >= 11 is 0. The van der Waals surface area contributed by atoms with Crippen molar-refractivity contribution >= 4 is 52.5 Å². The molecule has 66 heavy (non-hydrogen) atoms. The molecule has 6 fully saturated rings. The fraction of sp³-hybridized carbons (Fsp3) is 0.562. The summed E-state index contributed by atoms with van der Waals surface area (Å²) in [6, 6.07) is 8.89. The van der Waals surface area contributed by atoms with E-state index in [0.717, 1.165) is 93.7 Å². The van der Waals surface area contributed by atoms with Gasteiger partial charge in [0.05, 0.1) is 28.9 Å². The molecule has 0 aliphatic carbocycles. The molecule has 1 unspecified atom stereocenters. The highest BCUT2D eigenvalue weighted by atomic mass is 19.1. The second kappa shape index (κ2) is 17.2. The van der Waals surface area contributed by atoms with Crippen molar-refractivity contribution in [2.45, 2.75) is 83.3 Å². The minimum atomic E-state index is -0.991. The van der Waals surface area contributed by atoms with Crippen molar-refractivity contribution in [1.29, 1.82) is 0 Å². The van der Waals surface area contributed by atoms with E-state index in [-0.39, 0.29) is 47.4 Å². The van der Waals surface area contributed by atoms with Crippen LogP contribution in [0, 0.1) is 22.5 Å². The van der Waals surface area contributed by atoms with Crippen LogP contribution in [0.5, 0.6) is 0 Å². The highest BCUT2D eigenvalue weighted by Crippen LogP contribution is 2.42. The van der Waals surface area contributed by atoms with E-state index in [9.17, 15) is 24.0 Å². The third kappa shape index (κ3) is 8.69. The fourth-order valence-electron chi connectivity index (χ4n) is 11.4. The van der Waals surface area contributed by atoms with E-state index in [1.165, 1.54) is 12.1 Å². The first kappa shape index (κ1) is 44.1. The summed E-state index contributed by atoms with van der Waals surface area (Å²) in [6.07, 6.45) is 7.11. The summed E-state index contributed by atoms with van der Waals surface area (Å²) in [4.78, 5) is 84.9. The van der Waals surface area contributed by atoms with E-state index in [0.29, 0.717) is 56.7 Å². The Kier molecular flexibility index (Phi) is 11.5. The summed E-state index contributed by atoms with van der Waals surface area (Å²) in [5.41, 5.74) is 1.74. The second-order valence-electron chi connectivity index (χ2n) is 20.6. The Morgan fingerprint density at radius 3 is 2.27 bits per heavy atom. The van der Waals surface area contributed by atoms with E-state index >= 15 is 8.78 Å². The number of anilines is 4. The first-order valence-electron chi connectivity index (χ1n) is 23.5. The number of carbonyl (C=O) groups excluding carboxylic acids is 5. The minimum absolute atomic E-state index is 0.0291. The SMILES string of the molecule is CC1(C)CCN(Cc2cc(F)c(N3CC(=O)NC4(CCN(c5cc(NCCN6CC[C@]7(CCN(c8ccc9c(c8)C(=O)N(C8CCC(=O)NC8=O)C9=O)C7)C6)ncn5)CC4)C3)cc2F)CC1. The van der Waals surface area contributed by atoms with Crippen LogP contribution < -0.4 is 30.7 Å². The highest BCUT2D eigenvalue weighted by molar-refractivity contribution is 6.23. The monoisotopic (exact) mass is 907 g/mol. The van der Waals surface area contributed by atoms with Gasteiger partial charge in [0.1, 0.15) is 35.6 Å². The molecule has 3 aromatic rings. The van der Waals surface area contributed by atoms with Gasteiger partial charge in [0, 0.05) is 94.1 Å². The predicted molar refractivity (Wildman–Crippen MR) is 243 cm³/mol. The molecule has 7 aliphatic rings. The first-order valence-corrected chi connectivity index (χ1v) is 23.5. The number of piperazine rings is 1. The molecular weight excluding hydrogens is 849 g/mol. The molecule has 2 atom stereocenters. The van der Waals surface area contributed by atoms with Crippen LogP contribution in [0.2, 0.25) is 0 Å². The highest BCUT2D eigenvalue weighted by Gasteiger charge is 2.47. The van der Waals surface area contributed by atoms with Gasteiger partial charge in [-0.1, -0.05) is 13.8 Å². The number of likely N-dealkylation sites (tertiary alicyclic amines) is 2. The average molecular weight is 908 g/mol. The van der Waals surface area contributed by atoms with Crippen molar-refractivity contribution in [1.82, 2.24) is 35.3 Å². The lowest BCUT2D eigenvalue weighted by atomic mass is 9.82. The van der Waals surface area contributed by atoms with Gasteiger partial charge < -0.3 is 30.2 Å². The van der Waals surface area contributed by atoms with Crippen LogP contribution in [0.15, 0.2) is 42.7 Å². The number of carbonyl (C=O) groups is 5. The van der Waals surface area contributed by atoms with Gasteiger partial charge in [-0.3, -0.25) is 39.1 Å². The number of hydrogen-bond donors (Lipinski definition) is 3. The molecule has 16 nitrogen and oxygen atoms in total. The zero-order valence-corrected chi connectivity index (χ0v) is 37.8. The van der Waals surface area contributed by atoms with Crippen LogP contribution in [-0.2, 0) is 20.9 Å². The number of rotatable bonds is 10. The molecule has 10 rings (SSSR count). The lowest BCUT2D eigenvalue weighted by molar-refractivity contribution is -0.136. The summed E-state index contributed by atoms with van der Waals surface area (Å²) in [5.74, 6) is -1.65. The molecule has 2 spiro atoms. The number of halogens is 2. The molecule has 3 N–H and O–H groups in total. The van der Waals surface area contributed by atoms with Gasteiger partial charge in [0.25, 0.3) is 11.8 Å². The number of hydrogen-bond acceptors (Lipinski definition) is 13. The predicted octanol–water partition coefficient (Wildman–Crippen LogP) is 3.77. The zero-order valence-electron chi connectivity index (χ0n) is 37.8. The van der Waals surface area contributed by atoms with E-state index < -0.39 is 46.8 Å². The molecular formula is C48H59F2N11O5. The van der Waals surface area contributed by atoms with Gasteiger partial charge in [0.15, 0.2) is 0 Å². The summed E-state index contributed by atoms with van der Waals surface area (Å²) in [5, 5.41) is 8.94. The normalized spacial score (nSPS) is 25.6. The summed E-state index contributed by atoms with van der Waals surface area (Å²) in [6.45, 7) is 13.3. The van der Waals surface area contributed by atoms with Gasteiger partial charge in [-0.25, -0.2) is 18.7 Å². The van der Waals surface area contributed by atoms with E-state index in [1.807, 2.05) is 12.1 Å². The molecule has 5 amide bonds. The lowest BCUT2D eigenvalue weighted by Crippen LogP contribution is -2.66. The van der Waals surface area contributed by atoms with E-state index in [1.54, 1.807) is 23.4 Å². The molecule has 0 bridgehead atoms. The summed E-state index contributed by atoms with van der Waals surface area (Å²) in [7, 11) is 0. The number of nitrogens with one attached hydrogen (secondary N) is 3. The second-order valence-corrected chi connectivity index (χ2v) is 20.6. The van der Waals surface area contributed by atoms with Crippen LogP contribution in [0.3, 0.4) is 0 Å². The number of amides is 5. The third-order valence-corrected chi connectivity index (χ3v) is 15.5. The Balaban J connectivity index is 0.697. The Labute approximate surface area is 383 Å². The van der Waals surface area contributed by atoms with Crippen molar-refractivity contribution < 1.29 is 32.8 Å². The van der Waals surface area contributed by atoms with Crippen LogP contribution >= 0.6 is 0 Å². The van der Waals surface area contributed by atoms with Crippen LogP contribution in [0.4, 0.5) is 31.8 Å². The fourth-order valence-corrected chi connectivity index (χ4v) is 11.4. The van der Waals surface area contributed by atoms with Crippen LogP contribution in [-0.4, -0.2) is 144 Å². The largest absolute Gasteiger partial charge is 0.371 e. The number of piperidine rings is 3. The number of imide groups is 2. The summed E-state index contributed by atoms with van der Waals surface area (Å²) < 4.78 is 31.2. The average Bonchev–Trinajstić information content (AvgIpc) is 3.97.